The Morgan fingerprint density at radius 1 is 1.12 bits per heavy atom. The van der Waals surface area contributed by atoms with E-state index in [1.807, 2.05) is 36.4 Å². The minimum atomic E-state index is -1.45. The minimum Gasteiger partial charge on any atom is -0.463 e. The van der Waals surface area contributed by atoms with Crippen molar-refractivity contribution in [2.24, 2.45) is 0 Å². The number of carbonyl (C=O) groups is 1. The second kappa shape index (κ2) is 7.85. The van der Waals surface area contributed by atoms with Gasteiger partial charge in [0.25, 0.3) is 0 Å². The van der Waals surface area contributed by atoms with Crippen LogP contribution >= 0.6 is 0 Å². The molecular formula is C20H17NO3S. The van der Waals surface area contributed by atoms with Gasteiger partial charge in [-0.2, -0.15) is 0 Å². The molecule has 1 atom stereocenters. The Labute approximate surface area is 148 Å². The minimum absolute atomic E-state index is 0.313. The molecule has 0 aliphatic rings. The largest absolute Gasteiger partial charge is 0.463 e. The molecule has 2 aromatic carbocycles. The summed E-state index contributed by atoms with van der Waals surface area (Å²) in [6.07, 6.45) is 4.61. The number of rotatable bonds is 5. The van der Waals surface area contributed by atoms with E-state index in [9.17, 15) is 9.00 Å². The van der Waals surface area contributed by atoms with E-state index >= 15 is 0 Å². The molecule has 4 nitrogen and oxygen atoms in total. The standard InChI is InChI=1S/C20H17NO3S/c1-2-24-20(22)11-10-17-13-15-7-3-4-8-16(15)14-18(17)25(23)19-9-5-6-12-21-19/h3-14H,2H2,1H3/b11-10+. The third-order valence-corrected chi connectivity index (χ3v) is 4.97. The fraction of sp³-hybridized carbons (Fsp3) is 0.100. The summed E-state index contributed by atoms with van der Waals surface area (Å²) in [5.41, 5.74) is 0.704. The molecule has 0 aliphatic heterocycles. The number of pyridine rings is 1. The first kappa shape index (κ1) is 17.0. The Hall–Kier alpha value is -2.79. The Kier molecular flexibility index (Phi) is 5.36. The number of carbonyl (C=O) groups excluding carboxylic acids is 1. The number of aromatic nitrogens is 1. The van der Waals surface area contributed by atoms with Crippen molar-refractivity contribution in [1.82, 2.24) is 4.98 Å². The monoisotopic (exact) mass is 351 g/mol. The number of benzene rings is 2. The molecular weight excluding hydrogens is 334 g/mol. The third-order valence-electron chi connectivity index (χ3n) is 3.59. The summed E-state index contributed by atoms with van der Waals surface area (Å²) in [5.74, 6) is -0.426. The third kappa shape index (κ3) is 4.00. The van der Waals surface area contributed by atoms with Gasteiger partial charge in [0.05, 0.1) is 11.5 Å². The molecule has 3 aromatic rings. The summed E-state index contributed by atoms with van der Waals surface area (Å²) in [4.78, 5) is 16.4. The molecule has 25 heavy (non-hydrogen) atoms. The molecule has 3 rings (SSSR count). The van der Waals surface area contributed by atoms with Crippen LogP contribution in [0.2, 0.25) is 0 Å². The average molecular weight is 351 g/mol. The van der Waals surface area contributed by atoms with E-state index < -0.39 is 16.8 Å². The highest BCUT2D eigenvalue weighted by Gasteiger charge is 2.13. The van der Waals surface area contributed by atoms with Crippen LogP contribution in [0.1, 0.15) is 12.5 Å². The molecule has 5 heteroatoms. The number of hydrogen-bond acceptors (Lipinski definition) is 4. The van der Waals surface area contributed by atoms with Crippen LogP contribution in [0.25, 0.3) is 16.8 Å². The van der Waals surface area contributed by atoms with Gasteiger partial charge in [-0.3, -0.25) is 0 Å². The molecule has 0 radical (unpaired) electrons. The van der Waals surface area contributed by atoms with Crippen LogP contribution < -0.4 is 0 Å². The first-order chi connectivity index (χ1) is 12.2. The van der Waals surface area contributed by atoms with Crippen LogP contribution in [0.15, 0.2) is 76.8 Å². The molecule has 0 N–H and O–H groups in total. The second-order valence-electron chi connectivity index (χ2n) is 5.26. The van der Waals surface area contributed by atoms with Crippen molar-refractivity contribution in [1.29, 1.82) is 0 Å². The first-order valence-electron chi connectivity index (χ1n) is 7.89. The van der Waals surface area contributed by atoms with E-state index in [1.54, 1.807) is 37.4 Å². The number of esters is 1. The lowest BCUT2D eigenvalue weighted by atomic mass is 10.1. The highest BCUT2D eigenvalue weighted by atomic mass is 32.2. The average Bonchev–Trinajstić information content (AvgIpc) is 2.66. The van der Waals surface area contributed by atoms with E-state index in [-0.39, 0.29) is 0 Å². The predicted molar refractivity (Wildman–Crippen MR) is 98.5 cm³/mol. The molecule has 0 amide bonds. The molecule has 0 saturated heterocycles. The summed E-state index contributed by atoms with van der Waals surface area (Å²) in [7, 11) is -1.45. The van der Waals surface area contributed by atoms with E-state index in [0.29, 0.717) is 22.1 Å². The highest BCUT2D eigenvalue weighted by molar-refractivity contribution is 7.85. The van der Waals surface area contributed by atoms with Gasteiger partial charge in [0.2, 0.25) is 0 Å². The summed E-state index contributed by atoms with van der Waals surface area (Å²) in [5, 5.41) is 2.46. The Balaban J connectivity index is 2.09. The summed E-state index contributed by atoms with van der Waals surface area (Å²) < 4.78 is 17.9. The molecule has 0 bridgehead atoms. The van der Waals surface area contributed by atoms with Gasteiger partial charge in [0.15, 0.2) is 0 Å². The summed E-state index contributed by atoms with van der Waals surface area (Å²) in [6, 6.07) is 16.9. The lowest BCUT2D eigenvalue weighted by molar-refractivity contribution is -0.137. The SMILES string of the molecule is CCOC(=O)/C=C/c1cc2ccccc2cc1S(=O)c1ccccn1. The topological polar surface area (TPSA) is 56.3 Å². The zero-order chi connectivity index (χ0) is 17.6. The smallest absolute Gasteiger partial charge is 0.330 e. The number of ether oxygens (including phenoxy) is 1. The van der Waals surface area contributed by atoms with Crippen molar-refractivity contribution in [3.8, 4) is 0 Å². The maximum absolute atomic E-state index is 13.0. The lowest BCUT2D eigenvalue weighted by Crippen LogP contribution is -2.01. The fourth-order valence-electron chi connectivity index (χ4n) is 2.45. The van der Waals surface area contributed by atoms with E-state index in [2.05, 4.69) is 4.98 Å². The van der Waals surface area contributed by atoms with Gasteiger partial charge in [-0.1, -0.05) is 30.3 Å². The van der Waals surface area contributed by atoms with E-state index in [1.165, 1.54) is 6.08 Å². The second-order valence-corrected chi connectivity index (χ2v) is 6.65. The predicted octanol–water partition coefficient (Wildman–Crippen LogP) is 3.98. The van der Waals surface area contributed by atoms with Gasteiger partial charge in [-0.05, 0) is 53.6 Å². The van der Waals surface area contributed by atoms with Crippen LogP contribution in [-0.4, -0.2) is 21.8 Å². The van der Waals surface area contributed by atoms with Gasteiger partial charge in [-0.25, -0.2) is 14.0 Å². The van der Waals surface area contributed by atoms with Crippen molar-refractivity contribution in [3.63, 3.8) is 0 Å². The van der Waals surface area contributed by atoms with Crippen molar-refractivity contribution >= 4 is 33.6 Å². The lowest BCUT2D eigenvalue weighted by Gasteiger charge is -2.08. The fourth-order valence-corrected chi connectivity index (χ4v) is 3.60. The molecule has 1 heterocycles. The van der Waals surface area contributed by atoms with Crippen molar-refractivity contribution in [3.05, 3.63) is 72.4 Å². The molecule has 0 spiro atoms. The van der Waals surface area contributed by atoms with E-state index in [4.69, 9.17) is 4.74 Å². The van der Waals surface area contributed by atoms with Gasteiger partial charge in [0.1, 0.15) is 15.8 Å². The van der Waals surface area contributed by atoms with Gasteiger partial charge in [-0.15, -0.1) is 0 Å². The van der Waals surface area contributed by atoms with Crippen LogP contribution in [0, 0.1) is 0 Å². The number of fused-ring (bicyclic) bond motifs is 1. The van der Waals surface area contributed by atoms with Gasteiger partial charge in [0, 0.05) is 12.3 Å². The zero-order valence-electron chi connectivity index (χ0n) is 13.7. The Morgan fingerprint density at radius 3 is 2.52 bits per heavy atom. The molecule has 1 aromatic heterocycles. The van der Waals surface area contributed by atoms with Crippen molar-refractivity contribution < 1.29 is 13.7 Å². The maximum Gasteiger partial charge on any atom is 0.330 e. The zero-order valence-corrected chi connectivity index (χ0v) is 14.5. The molecule has 0 saturated carbocycles. The number of hydrogen-bond donors (Lipinski definition) is 0. The molecule has 0 fully saturated rings. The van der Waals surface area contributed by atoms with Gasteiger partial charge >= 0.3 is 5.97 Å². The quantitative estimate of drug-likeness (QED) is 0.515. The van der Waals surface area contributed by atoms with E-state index in [0.717, 1.165) is 10.8 Å². The van der Waals surface area contributed by atoms with Crippen LogP contribution in [-0.2, 0) is 20.3 Å². The summed E-state index contributed by atoms with van der Waals surface area (Å²) >= 11 is 0. The maximum atomic E-state index is 13.0. The van der Waals surface area contributed by atoms with Crippen LogP contribution in [0.3, 0.4) is 0 Å². The molecule has 1 unspecified atom stereocenters. The van der Waals surface area contributed by atoms with Crippen molar-refractivity contribution in [2.45, 2.75) is 16.8 Å². The summed E-state index contributed by atoms with van der Waals surface area (Å²) in [6.45, 7) is 2.07. The first-order valence-corrected chi connectivity index (χ1v) is 9.04. The van der Waals surface area contributed by atoms with Gasteiger partial charge < -0.3 is 4.74 Å². The highest BCUT2D eigenvalue weighted by Crippen LogP contribution is 2.26. The van der Waals surface area contributed by atoms with Crippen LogP contribution in [0.5, 0.6) is 0 Å². The Bertz CT molecular complexity index is 952. The van der Waals surface area contributed by atoms with Crippen LogP contribution in [0.4, 0.5) is 0 Å². The molecule has 0 aliphatic carbocycles. The molecule has 126 valence electrons. The Morgan fingerprint density at radius 2 is 1.84 bits per heavy atom. The number of nitrogens with zero attached hydrogens (tertiary/aromatic N) is 1. The normalized spacial score (nSPS) is 12.4. The van der Waals surface area contributed by atoms with Crippen molar-refractivity contribution in [2.75, 3.05) is 6.61 Å².